The van der Waals surface area contributed by atoms with Gasteiger partial charge in [0.2, 0.25) is 0 Å². The van der Waals surface area contributed by atoms with Crippen LogP contribution in [0.15, 0.2) is 6.07 Å². The van der Waals surface area contributed by atoms with Gasteiger partial charge in [0.25, 0.3) is 0 Å². The van der Waals surface area contributed by atoms with Gasteiger partial charge >= 0.3 is 0 Å². The van der Waals surface area contributed by atoms with Crippen molar-refractivity contribution in [2.45, 2.75) is 25.6 Å². The van der Waals surface area contributed by atoms with Gasteiger partial charge < -0.3 is 10.3 Å². The summed E-state index contributed by atoms with van der Waals surface area (Å²) in [6.45, 7) is 4.28. The molecule has 0 spiro atoms. The smallest absolute Gasteiger partial charge is 0.171 e. The third kappa shape index (κ3) is 3.58. The van der Waals surface area contributed by atoms with Crippen LogP contribution < -0.4 is 16.2 Å². The second-order valence-corrected chi connectivity index (χ2v) is 8.30. The van der Waals surface area contributed by atoms with Crippen LogP contribution in [0, 0.1) is 0 Å². The van der Waals surface area contributed by atoms with Gasteiger partial charge in [0.05, 0.1) is 0 Å². The zero-order valence-corrected chi connectivity index (χ0v) is 13.9. The molecule has 0 bridgehead atoms. The van der Waals surface area contributed by atoms with Crippen LogP contribution in [-0.2, 0) is 16.3 Å². The van der Waals surface area contributed by atoms with Gasteiger partial charge in [0, 0.05) is 36.3 Å². The molecule has 0 aromatic carbocycles. The summed E-state index contributed by atoms with van der Waals surface area (Å²) < 4.78 is 24.6. The molecule has 1 fully saturated rings. The second-order valence-electron chi connectivity index (χ2n) is 4.70. The quantitative estimate of drug-likeness (QED) is 0.599. The van der Waals surface area contributed by atoms with Gasteiger partial charge in [-0.05, 0) is 0 Å². The molecule has 0 saturated carbocycles. The Bertz CT molecular complexity index is 571. The molecular formula is C12H21N5O2S2. The van der Waals surface area contributed by atoms with Crippen LogP contribution >= 0.6 is 11.8 Å². The SMILES string of the molecule is CCc1nc(NN)cc(N2CCSCC2S(=O)(=O)CC)n1. The van der Waals surface area contributed by atoms with Crippen molar-refractivity contribution in [1.29, 1.82) is 0 Å². The lowest BCUT2D eigenvalue weighted by Crippen LogP contribution is -2.48. The van der Waals surface area contributed by atoms with Gasteiger partial charge in [0.1, 0.15) is 22.8 Å². The molecule has 1 aromatic rings. The van der Waals surface area contributed by atoms with Crippen LogP contribution in [0.4, 0.5) is 11.6 Å². The summed E-state index contributed by atoms with van der Waals surface area (Å²) in [4.78, 5) is 10.6. The minimum atomic E-state index is -3.16. The minimum Gasteiger partial charge on any atom is -0.338 e. The van der Waals surface area contributed by atoms with E-state index in [1.54, 1.807) is 24.8 Å². The fourth-order valence-electron chi connectivity index (χ4n) is 2.20. The average molecular weight is 331 g/mol. The van der Waals surface area contributed by atoms with Crippen molar-refractivity contribution in [3.63, 3.8) is 0 Å². The average Bonchev–Trinajstić information content (AvgIpc) is 2.54. The van der Waals surface area contributed by atoms with Crippen molar-refractivity contribution in [3.05, 3.63) is 11.9 Å². The van der Waals surface area contributed by atoms with E-state index in [2.05, 4.69) is 15.4 Å². The fourth-order valence-corrected chi connectivity index (χ4v) is 5.17. The lowest BCUT2D eigenvalue weighted by atomic mass is 10.4. The molecule has 3 N–H and O–H groups in total. The number of anilines is 2. The summed E-state index contributed by atoms with van der Waals surface area (Å²) in [5, 5.41) is -0.536. The zero-order chi connectivity index (χ0) is 15.5. The number of rotatable bonds is 5. The number of hydrogen-bond donors (Lipinski definition) is 2. The van der Waals surface area contributed by atoms with Crippen LogP contribution in [0.2, 0.25) is 0 Å². The van der Waals surface area contributed by atoms with Crippen LogP contribution in [-0.4, -0.2) is 47.6 Å². The normalized spacial score (nSPS) is 19.6. The zero-order valence-electron chi connectivity index (χ0n) is 12.2. The van der Waals surface area contributed by atoms with Gasteiger partial charge in [-0.25, -0.2) is 24.2 Å². The Morgan fingerprint density at radius 3 is 2.86 bits per heavy atom. The van der Waals surface area contributed by atoms with Gasteiger partial charge in [-0.15, -0.1) is 0 Å². The Morgan fingerprint density at radius 2 is 2.24 bits per heavy atom. The second kappa shape index (κ2) is 6.80. The first-order chi connectivity index (χ1) is 10.0. The van der Waals surface area contributed by atoms with Crippen LogP contribution in [0.5, 0.6) is 0 Å². The third-order valence-corrected chi connectivity index (χ3v) is 6.71. The maximum absolute atomic E-state index is 12.3. The highest BCUT2D eigenvalue weighted by molar-refractivity contribution is 8.01. The standard InChI is InChI=1S/C12H21N5O2S2/c1-3-9-14-10(16-13)7-11(15-9)17-5-6-20-8-12(17)21(18,19)4-2/h7,12H,3-6,8,13H2,1-2H3,(H,14,15,16). The molecule has 1 aliphatic rings. The van der Waals surface area contributed by atoms with Crippen molar-refractivity contribution in [3.8, 4) is 0 Å². The Kier molecular flexibility index (Phi) is 5.28. The number of nitrogens with one attached hydrogen (secondary N) is 1. The van der Waals surface area contributed by atoms with Crippen molar-refractivity contribution in [1.82, 2.24) is 9.97 Å². The Balaban J connectivity index is 2.42. The summed E-state index contributed by atoms with van der Waals surface area (Å²) in [6, 6.07) is 1.70. The largest absolute Gasteiger partial charge is 0.338 e. The number of nitrogens with zero attached hydrogens (tertiary/aromatic N) is 3. The molecule has 7 nitrogen and oxygen atoms in total. The van der Waals surface area contributed by atoms with E-state index in [1.165, 1.54) is 0 Å². The number of hydrogen-bond acceptors (Lipinski definition) is 8. The molecule has 0 aliphatic carbocycles. The molecule has 118 valence electrons. The maximum atomic E-state index is 12.3. The van der Waals surface area contributed by atoms with E-state index in [1.807, 2.05) is 11.8 Å². The van der Waals surface area contributed by atoms with Crippen LogP contribution in [0.25, 0.3) is 0 Å². The van der Waals surface area contributed by atoms with Crippen molar-refractivity contribution < 1.29 is 8.42 Å². The van der Waals surface area contributed by atoms with E-state index in [0.29, 0.717) is 36.2 Å². The highest BCUT2D eigenvalue weighted by Gasteiger charge is 2.34. The maximum Gasteiger partial charge on any atom is 0.171 e. The summed E-state index contributed by atoms with van der Waals surface area (Å²) >= 11 is 1.66. The van der Waals surface area contributed by atoms with Gasteiger partial charge in [0.15, 0.2) is 9.84 Å². The number of hydrazine groups is 1. The van der Waals surface area contributed by atoms with Crippen molar-refractivity contribution in [2.24, 2.45) is 5.84 Å². The number of thioether (sulfide) groups is 1. The lowest BCUT2D eigenvalue weighted by Gasteiger charge is -2.35. The van der Waals surface area contributed by atoms with E-state index in [9.17, 15) is 8.42 Å². The molecule has 1 saturated heterocycles. The fraction of sp³-hybridized carbons (Fsp3) is 0.667. The van der Waals surface area contributed by atoms with E-state index < -0.39 is 15.2 Å². The van der Waals surface area contributed by atoms with Crippen molar-refractivity contribution in [2.75, 3.05) is 34.1 Å². The molecule has 2 heterocycles. The van der Waals surface area contributed by atoms with Crippen LogP contribution in [0.3, 0.4) is 0 Å². The Labute approximate surface area is 129 Å². The molecule has 1 unspecified atom stereocenters. The summed E-state index contributed by atoms with van der Waals surface area (Å²) in [5.74, 6) is 8.78. The molecule has 2 rings (SSSR count). The number of aromatic nitrogens is 2. The Morgan fingerprint density at radius 1 is 1.48 bits per heavy atom. The van der Waals surface area contributed by atoms with E-state index in [4.69, 9.17) is 5.84 Å². The molecule has 0 radical (unpaired) electrons. The first-order valence-corrected chi connectivity index (χ1v) is 9.79. The van der Waals surface area contributed by atoms with Gasteiger partial charge in [-0.2, -0.15) is 11.8 Å². The van der Waals surface area contributed by atoms with Gasteiger partial charge in [-0.1, -0.05) is 13.8 Å². The highest BCUT2D eigenvalue weighted by Crippen LogP contribution is 2.27. The first kappa shape index (κ1) is 16.3. The number of aryl methyl sites for hydroxylation is 1. The first-order valence-electron chi connectivity index (χ1n) is 6.92. The predicted molar refractivity (Wildman–Crippen MR) is 87.1 cm³/mol. The third-order valence-electron chi connectivity index (χ3n) is 3.42. The number of nitrogens with two attached hydrogens (primary N) is 1. The van der Waals surface area contributed by atoms with E-state index in [-0.39, 0.29) is 5.75 Å². The molecular weight excluding hydrogens is 310 g/mol. The predicted octanol–water partition coefficient (Wildman–Crippen LogP) is 0.639. The lowest BCUT2D eigenvalue weighted by molar-refractivity contribution is 0.578. The molecule has 0 amide bonds. The summed E-state index contributed by atoms with van der Waals surface area (Å²) in [5.41, 5.74) is 2.52. The molecule has 21 heavy (non-hydrogen) atoms. The topological polar surface area (TPSA) is 101 Å². The summed E-state index contributed by atoms with van der Waals surface area (Å²) in [7, 11) is -3.16. The highest BCUT2D eigenvalue weighted by atomic mass is 32.2. The van der Waals surface area contributed by atoms with Crippen LogP contribution in [0.1, 0.15) is 19.7 Å². The minimum absolute atomic E-state index is 0.127. The number of sulfone groups is 1. The molecule has 1 aromatic heterocycles. The van der Waals surface area contributed by atoms with E-state index >= 15 is 0 Å². The molecule has 9 heteroatoms. The molecule has 1 atom stereocenters. The van der Waals surface area contributed by atoms with Gasteiger partial charge in [-0.3, -0.25) is 0 Å². The monoisotopic (exact) mass is 331 g/mol. The summed E-state index contributed by atoms with van der Waals surface area (Å²) in [6.07, 6.45) is 0.663. The number of nitrogen functional groups attached to an aromatic ring is 1. The molecule has 1 aliphatic heterocycles. The van der Waals surface area contributed by atoms with E-state index in [0.717, 1.165) is 5.75 Å². The van der Waals surface area contributed by atoms with Crippen molar-refractivity contribution >= 4 is 33.2 Å². The Hall–Kier alpha value is -1.06.